The second kappa shape index (κ2) is 6.51. The fourth-order valence-corrected chi connectivity index (χ4v) is 1.74. The molecule has 0 aliphatic carbocycles. The van der Waals surface area contributed by atoms with Crippen molar-refractivity contribution in [3.63, 3.8) is 0 Å². The monoisotopic (exact) mass is 287 g/mol. The van der Waals surface area contributed by atoms with Crippen molar-refractivity contribution in [2.45, 2.75) is 6.54 Å². The van der Waals surface area contributed by atoms with E-state index in [0.29, 0.717) is 17.7 Å². The summed E-state index contributed by atoms with van der Waals surface area (Å²) < 4.78 is 12.8. The van der Waals surface area contributed by atoms with E-state index >= 15 is 0 Å². The van der Waals surface area contributed by atoms with Crippen LogP contribution >= 0.6 is 0 Å². The molecule has 0 spiro atoms. The Morgan fingerprint density at radius 2 is 1.67 bits per heavy atom. The second-order valence-corrected chi connectivity index (χ2v) is 4.37. The van der Waals surface area contributed by atoms with E-state index in [1.165, 1.54) is 24.3 Å². The number of benzene rings is 2. The molecule has 0 saturated carbocycles. The fraction of sp³-hybridized carbons (Fsp3) is 0.0667. The fourth-order valence-electron chi connectivity index (χ4n) is 1.74. The third-order valence-electron chi connectivity index (χ3n) is 2.92. The number of nitrogens with one attached hydrogen (secondary N) is 1. The SMILES string of the molecule is NC(=NO)c1ccc(CNC(=O)c2ccc(F)cc2)cc1. The highest BCUT2D eigenvalue weighted by Gasteiger charge is 2.05. The van der Waals surface area contributed by atoms with E-state index in [9.17, 15) is 9.18 Å². The van der Waals surface area contributed by atoms with E-state index in [1.807, 2.05) is 0 Å². The number of carbonyl (C=O) groups is 1. The Hall–Kier alpha value is -2.89. The van der Waals surface area contributed by atoms with E-state index in [1.54, 1.807) is 24.3 Å². The summed E-state index contributed by atoms with van der Waals surface area (Å²) in [5.74, 6) is -0.641. The maximum atomic E-state index is 12.8. The first kappa shape index (κ1) is 14.5. The molecule has 4 N–H and O–H groups in total. The molecule has 0 aliphatic heterocycles. The number of nitrogens with two attached hydrogens (primary N) is 1. The molecule has 6 heteroatoms. The van der Waals surface area contributed by atoms with Gasteiger partial charge in [0.1, 0.15) is 5.82 Å². The maximum Gasteiger partial charge on any atom is 0.251 e. The molecule has 0 saturated heterocycles. The van der Waals surface area contributed by atoms with Gasteiger partial charge in [-0.25, -0.2) is 4.39 Å². The number of nitrogens with zero attached hydrogens (tertiary/aromatic N) is 1. The molecule has 0 aliphatic rings. The molecule has 21 heavy (non-hydrogen) atoms. The van der Waals surface area contributed by atoms with E-state index in [0.717, 1.165) is 5.56 Å². The standard InChI is InChI=1S/C15H14FN3O2/c16-13-7-5-12(6-8-13)15(20)18-9-10-1-3-11(4-2-10)14(17)19-21/h1-8,21H,9H2,(H2,17,19)(H,18,20). The van der Waals surface area contributed by atoms with Gasteiger partial charge in [-0.05, 0) is 29.8 Å². The summed E-state index contributed by atoms with van der Waals surface area (Å²) in [4.78, 5) is 11.8. The van der Waals surface area contributed by atoms with Crippen LogP contribution in [0.2, 0.25) is 0 Å². The van der Waals surface area contributed by atoms with Gasteiger partial charge in [0.25, 0.3) is 5.91 Å². The zero-order chi connectivity index (χ0) is 15.2. The van der Waals surface area contributed by atoms with E-state index in [4.69, 9.17) is 10.9 Å². The summed E-state index contributed by atoms with van der Waals surface area (Å²) in [7, 11) is 0. The van der Waals surface area contributed by atoms with Crippen molar-refractivity contribution in [3.05, 3.63) is 71.0 Å². The average Bonchev–Trinajstić information content (AvgIpc) is 2.53. The quantitative estimate of drug-likeness (QED) is 0.347. The second-order valence-electron chi connectivity index (χ2n) is 4.37. The Bertz CT molecular complexity index is 652. The van der Waals surface area contributed by atoms with Gasteiger partial charge in [0.15, 0.2) is 5.84 Å². The molecule has 0 bridgehead atoms. The Kier molecular flexibility index (Phi) is 4.50. The first-order valence-corrected chi connectivity index (χ1v) is 6.21. The highest BCUT2D eigenvalue weighted by atomic mass is 19.1. The smallest absolute Gasteiger partial charge is 0.251 e. The Morgan fingerprint density at radius 3 is 2.24 bits per heavy atom. The van der Waals surface area contributed by atoms with E-state index < -0.39 is 0 Å². The number of oxime groups is 1. The van der Waals surface area contributed by atoms with Crippen LogP contribution in [0.4, 0.5) is 4.39 Å². The lowest BCUT2D eigenvalue weighted by molar-refractivity contribution is 0.0951. The minimum Gasteiger partial charge on any atom is -0.409 e. The van der Waals surface area contributed by atoms with Gasteiger partial charge in [0.2, 0.25) is 0 Å². The number of amidine groups is 1. The lowest BCUT2D eigenvalue weighted by atomic mass is 10.1. The lowest BCUT2D eigenvalue weighted by Gasteiger charge is -2.06. The Morgan fingerprint density at radius 1 is 1.10 bits per heavy atom. The van der Waals surface area contributed by atoms with Crippen LogP contribution in [0, 0.1) is 5.82 Å². The van der Waals surface area contributed by atoms with Crippen molar-refractivity contribution in [2.75, 3.05) is 0 Å². The summed E-state index contributed by atoms with van der Waals surface area (Å²) in [5.41, 5.74) is 7.30. The molecule has 2 rings (SSSR count). The molecule has 0 fully saturated rings. The van der Waals surface area contributed by atoms with Crippen LogP contribution in [0.25, 0.3) is 0 Å². The molecule has 108 valence electrons. The molecular formula is C15H14FN3O2. The van der Waals surface area contributed by atoms with Gasteiger partial charge in [-0.1, -0.05) is 29.4 Å². The van der Waals surface area contributed by atoms with Crippen LogP contribution in [0.15, 0.2) is 53.7 Å². The van der Waals surface area contributed by atoms with Crippen LogP contribution in [0.3, 0.4) is 0 Å². The molecule has 0 aromatic heterocycles. The number of carbonyl (C=O) groups excluding carboxylic acids is 1. The normalized spacial score (nSPS) is 11.2. The van der Waals surface area contributed by atoms with E-state index in [-0.39, 0.29) is 17.6 Å². The Labute approximate surface area is 120 Å². The van der Waals surface area contributed by atoms with Crippen molar-refractivity contribution in [1.82, 2.24) is 5.32 Å². The average molecular weight is 287 g/mol. The third kappa shape index (κ3) is 3.79. The molecule has 1 amide bonds. The van der Waals surface area contributed by atoms with Gasteiger partial charge < -0.3 is 16.3 Å². The molecule has 0 atom stereocenters. The van der Waals surface area contributed by atoms with Gasteiger partial charge in [-0.15, -0.1) is 0 Å². The molecule has 2 aromatic carbocycles. The summed E-state index contributed by atoms with van der Waals surface area (Å²) >= 11 is 0. The zero-order valence-electron chi connectivity index (χ0n) is 11.1. The molecule has 2 aromatic rings. The van der Waals surface area contributed by atoms with Gasteiger partial charge in [0.05, 0.1) is 0 Å². The highest BCUT2D eigenvalue weighted by Crippen LogP contribution is 2.06. The predicted octanol–water partition coefficient (Wildman–Crippen LogP) is 1.85. The summed E-state index contributed by atoms with van der Waals surface area (Å²) in [5, 5.41) is 14.2. The predicted molar refractivity (Wildman–Crippen MR) is 76.5 cm³/mol. The summed E-state index contributed by atoms with van der Waals surface area (Å²) in [6, 6.07) is 12.2. The molecule has 0 heterocycles. The van der Waals surface area contributed by atoms with Crippen molar-refractivity contribution < 1.29 is 14.4 Å². The zero-order valence-corrected chi connectivity index (χ0v) is 11.1. The van der Waals surface area contributed by atoms with Crippen molar-refractivity contribution >= 4 is 11.7 Å². The van der Waals surface area contributed by atoms with Crippen LogP contribution in [0.5, 0.6) is 0 Å². The minimum atomic E-state index is -0.384. The van der Waals surface area contributed by atoms with Crippen LogP contribution < -0.4 is 11.1 Å². The minimum absolute atomic E-state index is 0.0249. The van der Waals surface area contributed by atoms with Crippen LogP contribution in [0.1, 0.15) is 21.5 Å². The first-order chi connectivity index (χ1) is 10.1. The number of rotatable bonds is 4. The first-order valence-electron chi connectivity index (χ1n) is 6.21. The number of hydrogen-bond acceptors (Lipinski definition) is 3. The molecule has 5 nitrogen and oxygen atoms in total. The third-order valence-corrected chi connectivity index (χ3v) is 2.92. The van der Waals surface area contributed by atoms with Gasteiger partial charge in [0, 0.05) is 17.7 Å². The van der Waals surface area contributed by atoms with Gasteiger partial charge in [-0.2, -0.15) is 0 Å². The molecular weight excluding hydrogens is 273 g/mol. The van der Waals surface area contributed by atoms with Gasteiger partial charge >= 0.3 is 0 Å². The lowest BCUT2D eigenvalue weighted by Crippen LogP contribution is -2.22. The van der Waals surface area contributed by atoms with Crippen molar-refractivity contribution in [1.29, 1.82) is 0 Å². The van der Waals surface area contributed by atoms with Crippen LogP contribution in [-0.2, 0) is 6.54 Å². The van der Waals surface area contributed by atoms with Crippen molar-refractivity contribution in [2.24, 2.45) is 10.9 Å². The van der Waals surface area contributed by atoms with E-state index in [2.05, 4.69) is 10.5 Å². The van der Waals surface area contributed by atoms with Gasteiger partial charge in [-0.3, -0.25) is 4.79 Å². The van der Waals surface area contributed by atoms with Crippen molar-refractivity contribution in [3.8, 4) is 0 Å². The number of halogens is 1. The molecule has 0 unspecified atom stereocenters. The number of amides is 1. The number of hydrogen-bond donors (Lipinski definition) is 3. The largest absolute Gasteiger partial charge is 0.409 e. The summed E-state index contributed by atoms with van der Waals surface area (Å²) in [6.45, 7) is 0.326. The molecule has 0 radical (unpaired) electrons. The topological polar surface area (TPSA) is 87.7 Å². The maximum absolute atomic E-state index is 12.8. The highest BCUT2D eigenvalue weighted by molar-refractivity contribution is 5.97. The summed E-state index contributed by atoms with van der Waals surface area (Å²) in [6.07, 6.45) is 0. The van der Waals surface area contributed by atoms with Crippen LogP contribution in [-0.4, -0.2) is 17.0 Å². The Balaban J connectivity index is 1.96.